The van der Waals surface area contributed by atoms with E-state index in [-0.39, 0.29) is 0 Å². The van der Waals surface area contributed by atoms with Gasteiger partial charge in [0.1, 0.15) is 0 Å². The highest BCUT2D eigenvalue weighted by molar-refractivity contribution is 5.69. The monoisotopic (exact) mass is 64.0 g/mol. The summed E-state index contributed by atoms with van der Waals surface area (Å²) in [6.07, 6.45) is 0. The third kappa shape index (κ3) is 0.174. The van der Waals surface area contributed by atoms with Crippen LogP contribution in [0.4, 0.5) is 4.79 Å². The summed E-state index contributed by atoms with van der Waals surface area (Å²) >= 11 is 0. The Hall–Kier alpha value is -0.730. The van der Waals surface area contributed by atoms with Crippen molar-refractivity contribution < 1.29 is 4.79 Å². The van der Waals surface area contributed by atoms with Gasteiger partial charge in [0.2, 0.25) is 0 Å². The largest absolute Gasteiger partial charge is 0.352 e. The normalized spacial score (nSPS) is 6.00. The fraction of sp³-hybridized carbons (Fsp3) is 0. The number of hydrogen-bond donors (Lipinski definition) is 2. The molecule has 4 N–H and O–H groups in total. The molecule has 0 aliphatic heterocycles. The van der Waals surface area contributed by atoms with Crippen molar-refractivity contribution in [3.8, 4) is 0 Å². The van der Waals surface area contributed by atoms with Crippen molar-refractivity contribution in [2.75, 3.05) is 0 Å². The second-order valence-electron chi connectivity index (χ2n) is 0.402. The number of primary amides is 2. The molecule has 0 rings (SSSR count). The summed E-state index contributed by atoms with van der Waals surface area (Å²) in [6, 6.07) is -0.833. The predicted molar refractivity (Wildman–Crippen MR) is 13.8 cm³/mol. The van der Waals surface area contributed by atoms with Gasteiger partial charge in [-0.2, -0.15) is 0 Å². The van der Waals surface area contributed by atoms with Crippen molar-refractivity contribution >= 4 is 6.03 Å². The summed E-state index contributed by atoms with van der Waals surface area (Å²) in [7, 11) is 0. The van der Waals surface area contributed by atoms with Gasteiger partial charge in [-0.25, -0.2) is 4.79 Å². The summed E-state index contributed by atoms with van der Waals surface area (Å²) in [5.74, 6) is 0. The first-order valence-electron chi connectivity index (χ1n) is 0.781. The Balaban J connectivity index is 2.80. The smallest absolute Gasteiger partial charge is 0.309 e. The maximum Gasteiger partial charge on any atom is 0.309 e. The lowest BCUT2D eigenvalue weighted by Crippen LogP contribution is -2.18. The van der Waals surface area contributed by atoms with E-state index in [0.29, 0.717) is 0 Å². The molecule has 0 heterocycles. The number of hydrogen-bond acceptors (Lipinski definition) is 1. The van der Waals surface area contributed by atoms with Crippen LogP contribution in [-0.4, -0.2) is 6.03 Å². The first-order chi connectivity index (χ1) is 1.73. The van der Waals surface area contributed by atoms with Crippen LogP contribution in [0.3, 0.4) is 0 Å². The standard InChI is InChI=1S/CH4N2O/c2-1(3)4/h(H4,2,3,4)/i2+1,3+1,4+2. The Bertz CT molecular complexity index is 29.0. The quantitative estimate of drug-likeness (QED) is 0.276. The lowest BCUT2D eigenvalue weighted by molar-refractivity contribution is 0.256. The number of urea groups is 1. The first-order valence-corrected chi connectivity index (χ1v) is 0.781. The Morgan fingerprint density at radius 3 is 1.50 bits per heavy atom. The molecule has 2 amide bonds. The van der Waals surface area contributed by atoms with Gasteiger partial charge in [0.15, 0.2) is 0 Å². The SMILES string of the molecule is [15NH2]C([15NH2])=[18O]. The van der Waals surface area contributed by atoms with Gasteiger partial charge in [-0.3, -0.25) is 0 Å². The molecule has 0 atom stereocenters. The van der Waals surface area contributed by atoms with Crippen molar-refractivity contribution in [1.82, 2.24) is 0 Å². The first kappa shape index (κ1) is 3.27. The molecule has 4 heavy (non-hydrogen) atoms. The van der Waals surface area contributed by atoms with E-state index in [9.17, 15) is 0 Å². The van der Waals surface area contributed by atoms with Crippen LogP contribution in [0.15, 0.2) is 0 Å². The highest BCUT2D eigenvalue weighted by Gasteiger charge is 1.60. The van der Waals surface area contributed by atoms with Gasteiger partial charge in [-0.05, 0) is 0 Å². The Kier molecular flexibility index (Phi) is 0.581. The van der Waals surface area contributed by atoms with Gasteiger partial charge in [0.05, 0.1) is 0 Å². The molecule has 3 heteroatoms. The molecule has 0 aliphatic rings. The Labute approximate surface area is 23.6 Å². The van der Waals surface area contributed by atoms with Crippen LogP contribution in [0, 0.1) is 0 Å². The zero-order valence-electron chi connectivity index (χ0n) is 2.06. The van der Waals surface area contributed by atoms with Gasteiger partial charge >= 0.3 is 6.03 Å². The van der Waals surface area contributed by atoms with Crippen molar-refractivity contribution in [2.45, 2.75) is 0 Å². The number of nitrogens with two attached hydrogens (primary N) is 2. The van der Waals surface area contributed by atoms with E-state index in [2.05, 4.69) is 11.5 Å². The van der Waals surface area contributed by atoms with Crippen LogP contribution in [0.25, 0.3) is 0 Å². The molecule has 0 aromatic carbocycles. The third-order valence-corrected chi connectivity index (χ3v) is 0. The van der Waals surface area contributed by atoms with E-state index in [1.54, 1.807) is 0 Å². The molecule has 0 aliphatic carbocycles. The molecular formula is CH4N2O. The van der Waals surface area contributed by atoms with Gasteiger partial charge in [-0.15, -0.1) is 0 Å². The number of rotatable bonds is 0. The van der Waals surface area contributed by atoms with Crippen molar-refractivity contribution in [3.63, 3.8) is 0 Å². The van der Waals surface area contributed by atoms with Crippen LogP contribution >= 0.6 is 0 Å². The Morgan fingerprint density at radius 1 is 1.50 bits per heavy atom. The van der Waals surface area contributed by atoms with Crippen LogP contribution in [0.1, 0.15) is 0 Å². The van der Waals surface area contributed by atoms with E-state index >= 15 is 0 Å². The Morgan fingerprint density at radius 2 is 1.50 bits per heavy atom. The lowest BCUT2D eigenvalue weighted by Gasteiger charge is -1.62. The third-order valence-electron chi connectivity index (χ3n) is 0. The summed E-state index contributed by atoms with van der Waals surface area (Å²) in [6.45, 7) is 0. The van der Waals surface area contributed by atoms with Crippen LogP contribution < -0.4 is 11.5 Å². The molecule has 0 fully saturated rings. The number of carbonyl (C=O) groups excluding carboxylic acids is 1. The maximum atomic E-state index is 9.00. The van der Waals surface area contributed by atoms with Gasteiger partial charge in [0, 0.05) is 0 Å². The fourth-order valence-corrected chi connectivity index (χ4v) is 0. The molecule has 0 radical (unpaired) electrons. The van der Waals surface area contributed by atoms with Gasteiger partial charge < -0.3 is 11.5 Å². The van der Waals surface area contributed by atoms with E-state index < -0.39 is 6.03 Å². The van der Waals surface area contributed by atoms with Gasteiger partial charge in [0.25, 0.3) is 0 Å². The topological polar surface area (TPSA) is 69.1 Å². The van der Waals surface area contributed by atoms with E-state index in [4.69, 9.17) is 4.79 Å². The number of carbonyl (C=O) groups is 1. The fourth-order valence-electron chi connectivity index (χ4n) is 0. The maximum absolute atomic E-state index is 9.00. The average molecular weight is 64.0 g/mol. The highest BCUT2D eigenvalue weighted by atomic mass is 18.1. The van der Waals surface area contributed by atoms with Crippen molar-refractivity contribution in [3.05, 3.63) is 0 Å². The molecule has 0 spiro atoms. The molecule has 0 aromatic rings. The minimum atomic E-state index is -0.833. The van der Waals surface area contributed by atoms with Crippen molar-refractivity contribution in [1.29, 1.82) is 0 Å². The summed E-state index contributed by atoms with van der Waals surface area (Å²) < 4.78 is 0. The molecular weight excluding hydrogens is 60.0 g/mol. The zero-order valence-corrected chi connectivity index (χ0v) is 2.06. The van der Waals surface area contributed by atoms with Crippen LogP contribution in [0.2, 0.25) is 0 Å². The van der Waals surface area contributed by atoms with Crippen LogP contribution in [0.5, 0.6) is 0 Å². The van der Waals surface area contributed by atoms with E-state index in [0.717, 1.165) is 0 Å². The minimum absolute atomic E-state index is 0.833. The van der Waals surface area contributed by atoms with Gasteiger partial charge in [-0.1, -0.05) is 0 Å². The average Bonchev–Trinajstić information content (AvgIpc) is 0.811. The molecule has 24 valence electrons. The minimum Gasteiger partial charge on any atom is -0.352 e. The van der Waals surface area contributed by atoms with E-state index in [1.807, 2.05) is 0 Å². The van der Waals surface area contributed by atoms with Crippen LogP contribution in [-0.2, 0) is 0 Å². The summed E-state index contributed by atoms with van der Waals surface area (Å²) in [5, 5.41) is 0. The highest BCUT2D eigenvalue weighted by Crippen LogP contribution is 1.25. The molecule has 0 aromatic heterocycles. The molecule has 0 saturated heterocycles. The molecule has 0 bridgehead atoms. The summed E-state index contributed by atoms with van der Waals surface area (Å²) in [5.41, 5.74) is 8.50. The molecule has 3 nitrogen and oxygen atoms in total. The predicted octanol–water partition coefficient (Wildman–Crippen LogP) is -0.976. The lowest BCUT2D eigenvalue weighted by atomic mass is 11.4. The van der Waals surface area contributed by atoms with Crippen molar-refractivity contribution in [2.24, 2.45) is 11.5 Å². The summed E-state index contributed by atoms with van der Waals surface area (Å²) in [4.78, 5) is 9.00. The zero-order chi connectivity index (χ0) is 3.58. The molecule has 0 unspecified atom stereocenters. The second kappa shape index (κ2) is 0.711. The second-order valence-corrected chi connectivity index (χ2v) is 0.402. The molecule has 0 saturated carbocycles. The van der Waals surface area contributed by atoms with E-state index in [1.165, 1.54) is 0 Å². The number of amides is 2.